The molecule has 0 unspecified atom stereocenters. The van der Waals surface area contributed by atoms with Gasteiger partial charge in [-0.05, 0) is 41.8 Å². The average molecular weight is 391 g/mol. The first-order valence-electron chi connectivity index (χ1n) is 8.64. The molecule has 0 aliphatic heterocycles. The lowest BCUT2D eigenvalue weighted by Gasteiger charge is -2.11. The van der Waals surface area contributed by atoms with Crippen molar-refractivity contribution in [3.8, 4) is 5.75 Å². The van der Waals surface area contributed by atoms with Crippen LogP contribution in [0.15, 0.2) is 53.4 Å². The average Bonchev–Trinajstić information content (AvgIpc) is 2.65. The number of sulfonamides is 1. The maximum absolute atomic E-state index is 12.1. The zero-order chi connectivity index (χ0) is 19.9. The Hall–Kier alpha value is -2.42. The molecule has 146 valence electrons. The van der Waals surface area contributed by atoms with E-state index in [4.69, 9.17) is 10.5 Å². The fourth-order valence-electron chi connectivity index (χ4n) is 2.33. The largest absolute Gasteiger partial charge is 0.484 e. The second-order valence-corrected chi connectivity index (χ2v) is 8.05. The molecule has 4 N–H and O–H groups in total. The van der Waals surface area contributed by atoms with Gasteiger partial charge in [-0.1, -0.05) is 32.0 Å². The number of anilines is 1. The zero-order valence-corrected chi connectivity index (χ0v) is 16.3. The van der Waals surface area contributed by atoms with Gasteiger partial charge in [-0.3, -0.25) is 4.79 Å². The second-order valence-electron chi connectivity index (χ2n) is 6.28. The third-order valence-electron chi connectivity index (χ3n) is 3.76. The van der Waals surface area contributed by atoms with Gasteiger partial charge in [0.15, 0.2) is 6.61 Å². The van der Waals surface area contributed by atoms with Crippen LogP contribution >= 0.6 is 0 Å². The van der Waals surface area contributed by atoms with Crippen LogP contribution < -0.4 is 20.5 Å². The minimum atomic E-state index is -3.66. The van der Waals surface area contributed by atoms with E-state index in [1.807, 2.05) is 18.2 Å². The smallest absolute Gasteiger partial charge is 0.262 e. The fourth-order valence-corrected chi connectivity index (χ4v) is 3.42. The van der Waals surface area contributed by atoms with Gasteiger partial charge in [0, 0.05) is 18.8 Å². The van der Waals surface area contributed by atoms with Crippen LogP contribution in [0, 0.1) is 0 Å². The highest BCUT2D eigenvalue weighted by Gasteiger charge is 2.14. The van der Waals surface area contributed by atoms with E-state index in [-0.39, 0.29) is 30.5 Å². The summed E-state index contributed by atoms with van der Waals surface area (Å²) in [7, 11) is -3.66. The monoisotopic (exact) mass is 391 g/mol. The summed E-state index contributed by atoms with van der Waals surface area (Å²) in [5.41, 5.74) is 6.81. The second kappa shape index (κ2) is 9.50. The van der Waals surface area contributed by atoms with E-state index < -0.39 is 10.0 Å². The molecule has 0 spiro atoms. The Kier molecular flexibility index (Phi) is 7.35. The summed E-state index contributed by atoms with van der Waals surface area (Å²) in [5.74, 6) is 0.591. The molecule has 0 bridgehead atoms. The van der Waals surface area contributed by atoms with Crippen LogP contribution in [0.2, 0.25) is 0 Å². The number of carbonyl (C=O) groups excluding carboxylic acids is 1. The first kappa shape index (κ1) is 20.9. The number of hydrogen-bond donors (Lipinski definition) is 3. The molecule has 1 amide bonds. The van der Waals surface area contributed by atoms with Crippen molar-refractivity contribution < 1.29 is 17.9 Å². The van der Waals surface area contributed by atoms with Crippen LogP contribution in [0.25, 0.3) is 0 Å². The molecule has 0 saturated heterocycles. The van der Waals surface area contributed by atoms with Crippen LogP contribution in [-0.2, 0) is 14.8 Å². The molecule has 2 aromatic carbocycles. The molecule has 0 saturated carbocycles. The Bertz CT molecular complexity index is 882. The first-order chi connectivity index (χ1) is 12.8. The molecule has 0 aliphatic rings. The lowest BCUT2D eigenvalue weighted by Crippen LogP contribution is -2.29. The maximum Gasteiger partial charge on any atom is 0.262 e. The van der Waals surface area contributed by atoms with E-state index in [0.29, 0.717) is 17.4 Å². The summed E-state index contributed by atoms with van der Waals surface area (Å²) in [5, 5.41) is 2.64. The molecule has 0 aliphatic carbocycles. The molecule has 0 heterocycles. The summed E-state index contributed by atoms with van der Waals surface area (Å²) < 4.78 is 32.1. The molecular weight excluding hydrogens is 366 g/mol. The fraction of sp³-hybridized carbons (Fsp3) is 0.316. The number of amides is 1. The van der Waals surface area contributed by atoms with E-state index in [0.717, 1.165) is 5.56 Å². The molecule has 2 rings (SSSR count). The Labute approximate surface area is 160 Å². The van der Waals surface area contributed by atoms with Crippen molar-refractivity contribution in [2.24, 2.45) is 5.73 Å². The van der Waals surface area contributed by atoms with E-state index >= 15 is 0 Å². The summed E-state index contributed by atoms with van der Waals surface area (Å²) in [6.07, 6.45) is 0. The highest BCUT2D eigenvalue weighted by atomic mass is 32.2. The number of nitrogens with two attached hydrogens (primary N) is 1. The molecule has 27 heavy (non-hydrogen) atoms. The zero-order valence-electron chi connectivity index (χ0n) is 15.4. The Morgan fingerprint density at radius 3 is 2.59 bits per heavy atom. The molecule has 0 fully saturated rings. The van der Waals surface area contributed by atoms with E-state index in [9.17, 15) is 13.2 Å². The topological polar surface area (TPSA) is 111 Å². The number of carbonyl (C=O) groups is 1. The van der Waals surface area contributed by atoms with Gasteiger partial charge in [-0.2, -0.15) is 0 Å². The lowest BCUT2D eigenvalue weighted by molar-refractivity contribution is -0.118. The number of nitrogens with one attached hydrogen (secondary N) is 2. The molecule has 0 aromatic heterocycles. The predicted octanol–water partition coefficient (Wildman–Crippen LogP) is 2.06. The molecular formula is C19H25N3O4S. The molecule has 7 nitrogen and oxygen atoms in total. The third-order valence-corrected chi connectivity index (χ3v) is 5.22. The number of ether oxygens (including phenoxy) is 1. The van der Waals surface area contributed by atoms with Gasteiger partial charge in [0.05, 0.1) is 4.90 Å². The van der Waals surface area contributed by atoms with Crippen molar-refractivity contribution in [1.29, 1.82) is 0 Å². The van der Waals surface area contributed by atoms with Crippen LogP contribution in [0.3, 0.4) is 0 Å². The minimum absolute atomic E-state index is 0.0549. The van der Waals surface area contributed by atoms with Gasteiger partial charge >= 0.3 is 0 Å². The van der Waals surface area contributed by atoms with Crippen molar-refractivity contribution in [2.75, 3.05) is 25.0 Å². The summed E-state index contributed by atoms with van der Waals surface area (Å²) in [6, 6.07) is 13.6. The highest BCUT2D eigenvalue weighted by molar-refractivity contribution is 7.89. The number of hydrogen-bond acceptors (Lipinski definition) is 5. The number of rotatable bonds is 9. The van der Waals surface area contributed by atoms with E-state index in [1.165, 1.54) is 12.1 Å². The number of benzene rings is 2. The Morgan fingerprint density at radius 1 is 1.15 bits per heavy atom. The maximum atomic E-state index is 12.1. The van der Waals surface area contributed by atoms with Gasteiger partial charge in [0.1, 0.15) is 5.75 Å². The highest BCUT2D eigenvalue weighted by Crippen LogP contribution is 2.20. The van der Waals surface area contributed by atoms with Crippen molar-refractivity contribution in [3.63, 3.8) is 0 Å². The standard InChI is InChI=1S/C19H25N3O4S/c1-14(2)15-5-3-7-17(11-15)26-13-19(23)22-16-6-4-8-18(12-16)27(24,25)21-10-9-20/h3-8,11-12,14,21H,9-10,13,20H2,1-2H3,(H,22,23). The summed E-state index contributed by atoms with van der Waals surface area (Å²) >= 11 is 0. The molecule has 2 aromatic rings. The Balaban J connectivity index is 1.98. The van der Waals surface area contributed by atoms with Crippen LogP contribution in [0.4, 0.5) is 5.69 Å². The van der Waals surface area contributed by atoms with Gasteiger partial charge in [0.25, 0.3) is 5.91 Å². The van der Waals surface area contributed by atoms with Crippen LogP contribution in [0.5, 0.6) is 5.75 Å². The van der Waals surface area contributed by atoms with Crippen molar-refractivity contribution in [3.05, 3.63) is 54.1 Å². The van der Waals surface area contributed by atoms with Crippen molar-refractivity contribution in [2.45, 2.75) is 24.7 Å². The van der Waals surface area contributed by atoms with Gasteiger partial charge < -0.3 is 15.8 Å². The SMILES string of the molecule is CC(C)c1cccc(OCC(=O)Nc2cccc(S(=O)(=O)NCCN)c2)c1. The van der Waals surface area contributed by atoms with Gasteiger partial charge in [0.2, 0.25) is 10.0 Å². The Morgan fingerprint density at radius 2 is 1.89 bits per heavy atom. The van der Waals surface area contributed by atoms with Crippen LogP contribution in [0.1, 0.15) is 25.3 Å². The van der Waals surface area contributed by atoms with Gasteiger partial charge in [-0.15, -0.1) is 0 Å². The van der Waals surface area contributed by atoms with E-state index in [1.54, 1.807) is 18.2 Å². The summed E-state index contributed by atoms with van der Waals surface area (Å²) in [4.78, 5) is 12.2. The van der Waals surface area contributed by atoms with Crippen molar-refractivity contribution >= 4 is 21.6 Å². The molecule has 0 atom stereocenters. The molecule has 8 heteroatoms. The first-order valence-corrected chi connectivity index (χ1v) is 10.1. The normalized spacial score (nSPS) is 11.4. The quantitative estimate of drug-likeness (QED) is 0.606. The van der Waals surface area contributed by atoms with Crippen molar-refractivity contribution in [1.82, 2.24) is 4.72 Å². The lowest BCUT2D eigenvalue weighted by atomic mass is 10.0. The predicted molar refractivity (Wildman–Crippen MR) is 105 cm³/mol. The summed E-state index contributed by atoms with van der Waals surface area (Å²) in [6.45, 7) is 4.32. The van der Waals surface area contributed by atoms with Crippen LogP contribution in [-0.4, -0.2) is 34.0 Å². The van der Waals surface area contributed by atoms with Gasteiger partial charge in [-0.25, -0.2) is 13.1 Å². The minimum Gasteiger partial charge on any atom is -0.484 e. The molecule has 0 radical (unpaired) electrons. The third kappa shape index (κ3) is 6.35. The van der Waals surface area contributed by atoms with E-state index in [2.05, 4.69) is 23.9 Å².